The number of para-hydroxylation sites is 1. The fourth-order valence-corrected chi connectivity index (χ4v) is 4.93. The van der Waals surface area contributed by atoms with E-state index in [0.29, 0.717) is 11.6 Å². The largest absolute Gasteiger partial charge is 0.448 e. The van der Waals surface area contributed by atoms with Gasteiger partial charge in [-0.05, 0) is 28.8 Å². The standard InChI is InChI=1S/C25H20N4O4S/c30-24(23-28-21-11-4-5-12-22(21)34(31,32)29-23)27-16-20(25-26-13-14-33-25)19-10-6-9-18(15-19)17-7-2-1-3-8-17/h1-15,20H,16H2,(H,27,30)(H,28,29). The average Bonchev–Trinajstić information content (AvgIpc) is 3.39. The Morgan fingerprint density at radius 3 is 2.53 bits per heavy atom. The number of nitrogens with zero attached hydrogens (tertiary/aromatic N) is 2. The quantitative estimate of drug-likeness (QED) is 0.441. The number of sulfonamides is 1. The summed E-state index contributed by atoms with van der Waals surface area (Å²) in [7, 11) is -3.97. The molecule has 2 N–H and O–H groups in total. The van der Waals surface area contributed by atoms with E-state index in [-0.39, 0.29) is 17.3 Å². The number of oxazole rings is 1. The third-order valence-electron chi connectivity index (χ3n) is 5.46. The second-order valence-electron chi connectivity index (χ2n) is 7.66. The van der Waals surface area contributed by atoms with Gasteiger partial charge in [0.2, 0.25) is 11.7 Å². The van der Waals surface area contributed by atoms with E-state index in [9.17, 15) is 13.2 Å². The number of amides is 1. The lowest BCUT2D eigenvalue weighted by Gasteiger charge is -2.19. The summed E-state index contributed by atoms with van der Waals surface area (Å²) in [6, 6.07) is 24.1. The molecule has 1 aliphatic rings. The van der Waals surface area contributed by atoms with Crippen molar-refractivity contribution in [1.29, 1.82) is 0 Å². The van der Waals surface area contributed by atoms with Gasteiger partial charge < -0.3 is 15.1 Å². The summed E-state index contributed by atoms with van der Waals surface area (Å²) >= 11 is 0. The predicted molar refractivity (Wildman–Crippen MR) is 128 cm³/mol. The number of fused-ring (bicyclic) bond motifs is 1. The zero-order chi connectivity index (χ0) is 23.5. The predicted octanol–water partition coefficient (Wildman–Crippen LogP) is 3.80. The summed E-state index contributed by atoms with van der Waals surface area (Å²) in [4.78, 5) is 17.2. The number of anilines is 1. The Hall–Kier alpha value is -4.24. The molecule has 0 fully saturated rings. The number of aromatic nitrogens is 1. The number of carbonyl (C=O) groups is 1. The topological polar surface area (TPSA) is 114 Å². The van der Waals surface area contributed by atoms with Crippen LogP contribution in [0.1, 0.15) is 17.4 Å². The summed E-state index contributed by atoms with van der Waals surface area (Å²) in [6.45, 7) is 0.125. The van der Waals surface area contributed by atoms with Crippen molar-refractivity contribution in [1.82, 2.24) is 10.3 Å². The van der Waals surface area contributed by atoms with E-state index in [2.05, 4.69) is 20.0 Å². The summed E-state index contributed by atoms with van der Waals surface area (Å²) in [5.74, 6) is -0.894. The normalized spacial score (nSPS) is 14.9. The minimum Gasteiger partial charge on any atom is -0.448 e. The molecular weight excluding hydrogens is 452 g/mol. The van der Waals surface area contributed by atoms with Crippen molar-refractivity contribution in [3.63, 3.8) is 0 Å². The van der Waals surface area contributed by atoms with Crippen molar-refractivity contribution < 1.29 is 17.6 Å². The summed E-state index contributed by atoms with van der Waals surface area (Å²) < 4.78 is 34.1. The van der Waals surface area contributed by atoms with Crippen LogP contribution in [0.5, 0.6) is 0 Å². The van der Waals surface area contributed by atoms with Crippen LogP contribution in [0, 0.1) is 0 Å². The van der Waals surface area contributed by atoms with Crippen molar-refractivity contribution >= 4 is 27.5 Å². The molecule has 5 rings (SSSR count). The van der Waals surface area contributed by atoms with E-state index in [1.807, 2.05) is 54.6 Å². The maximum Gasteiger partial charge on any atom is 0.287 e. The minimum atomic E-state index is -3.97. The Morgan fingerprint density at radius 2 is 1.74 bits per heavy atom. The van der Waals surface area contributed by atoms with Crippen molar-refractivity contribution in [3.05, 3.63) is 103 Å². The van der Waals surface area contributed by atoms with E-state index in [1.54, 1.807) is 24.4 Å². The van der Waals surface area contributed by atoms with Gasteiger partial charge in [-0.25, -0.2) is 4.98 Å². The van der Waals surface area contributed by atoms with Crippen LogP contribution >= 0.6 is 0 Å². The lowest BCUT2D eigenvalue weighted by Crippen LogP contribution is -2.40. The zero-order valence-electron chi connectivity index (χ0n) is 17.9. The molecule has 170 valence electrons. The van der Waals surface area contributed by atoms with E-state index >= 15 is 0 Å². The number of hydrogen-bond acceptors (Lipinski definition) is 6. The number of benzene rings is 3. The van der Waals surface area contributed by atoms with Crippen LogP contribution in [-0.2, 0) is 14.8 Å². The Kier molecular flexibility index (Phi) is 5.69. The number of amidine groups is 1. The van der Waals surface area contributed by atoms with E-state index in [0.717, 1.165) is 16.7 Å². The van der Waals surface area contributed by atoms with Crippen molar-refractivity contribution in [2.75, 3.05) is 11.9 Å². The molecule has 1 aliphatic heterocycles. The number of hydrogen-bond donors (Lipinski definition) is 2. The average molecular weight is 473 g/mol. The Morgan fingerprint density at radius 1 is 0.971 bits per heavy atom. The molecule has 1 unspecified atom stereocenters. The van der Waals surface area contributed by atoms with Gasteiger partial charge in [0.1, 0.15) is 11.2 Å². The number of nitrogens with one attached hydrogen (secondary N) is 2. The van der Waals surface area contributed by atoms with Crippen LogP contribution in [0.15, 0.2) is 105 Å². The molecule has 0 saturated heterocycles. The summed E-state index contributed by atoms with van der Waals surface area (Å²) in [6.07, 6.45) is 3.02. The van der Waals surface area contributed by atoms with Gasteiger partial charge in [0.15, 0.2) is 0 Å². The highest BCUT2D eigenvalue weighted by Crippen LogP contribution is 2.29. The molecule has 0 spiro atoms. The molecule has 4 aromatic rings. The highest BCUT2D eigenvalue weighted by atomic mass is 32.2. The van der Waals surface area contributed by atoms with Crippen LogP contribution in [0.25, 0.3) is 11.1 Å². The SMILES string of the molecule is O=C(NCC(c1cccc(-c2ccccc2)c1)c1ncco1)C1=NS(=O)(=O)c2ccccc2N1. The lowest BCUT2D eigenvalue weighted by atomic mass is 9.94. The van der Waals surface area contributed by atoms with E-state index < -0.39 is 21.8 Å². The molecule has 8 nitrogen and oxygen atoms in total. The van der Waals surface area contributed by atoms with E-state index in [4.69, 9.17) is 4.42 Å². The highest BCUT2D eigenvalue weighted by molar-refractivity contribution is 7.90. The third kappa shape index (κ3) is 4.33. The van der Waals surface area contributed by atoms with Gasteiger partial charge in [0.05, 0.1) is 17.8 Å². The molecule has 9 heteroatoms. The van der Waals surface area contributed by atoms with E-state index in [1.165, 1.54) is 12.3 Å². The zero-order valence-corrected chi connectivity index (χ0v) is 18.7. The number of rotatable bonds is 6. The maximum absolute atomic E-state index is 12.9. The molecule has 0 bridgehead atoms. The van der Waals surface area contributed by atoms with Crippen molar-refractivity contribution in [2.45, 2.75) is 10.8 Å². The molecule has 0 aliphatic carbocycles. The second kappa shape index (κ2) is 8.95. The first-order valence-electron chi connectivity index (χ1n) is 10.6. The molecule has 1 atom stereocenters. The highest BCUT2D eigenvalue weighted by Gasteiger charge is 2.28. The van der Waals surface area contributed by atoms with Crippen LogP contribution in [-0.4, -0.2) is 31.7 Å². The first-order chi connectivity index (χ1) is 16.5. The van der Waals surface area contributed by atoms with Gasteiger partial charge in [-0.15, -0.1) is 4.40 Å². The first-order valence-corrected chi connectivity index (χ1v) is 12.0. The molecule has 2 heterocycles. The molecular formula is C25H20N4O4S. The third-order valence-corrected chi connectivity index (χ3v) is 6.79. The molecule has 0 saturated carbocycles. The smallest absolute Gasteiger partial charge is 0.287 e. The summed E-state index contributed by atoms with van der Waals surface area (Å²) in [5.41, 5.74) is 3.27. The maximum atomic E-state index is 12.9. The monoisotopic (exact) mass is 472 g/mol. The van der Waals surface area contributed by atoms with Gasteiger partial charge in [0, 0.05) is 6.54 Å². The second-order valence-corrected chi connectivity index (χ2v) is 9.23. The molecule has 3 aromatic carbocycles. The van der Waals surface area contributed by atoms with Crippen LogP contribution in [0.4, 0.5) is 5.69 Å². The van der Waals surface area contributed by atoms with Crippen molar-refractivity contribution in [3.8, 4) is 11.1 Å². The van der Waals surface area contributed by atoms with Crippen LogP contribution in [0.3, 0.4) is 0 Å². The van der Waals surface area contributed by atoms with Gasteiger partial charge in [-0.1, -0.05) is 66.7 Å². The fraction of sp³-hybridized carbons (Fsp3) is 0.0800. The summed E-state index contributed by atoms with van der Waals surface area (Å²) in [5, 5.41) is 5.57. The Balaban J connectivity index is 1.40. The van der Waals surface area contributed by atoms with Gasteiger partial charge in [0.25, 0.3) is 15.9 Å². The Bertz CT molecular complexity index is 1470. The lowest BCUT2D eigenvalue weighted by molar-refractivity contribution is -0.114. The molecule has 0 radical (unpaired) electrons. The van der Waals surface area contributed by atoms with Gasteiger partial charge in [-0.3, -0.25) is 4.79 Å². The Labute approximate surface area is 196 Å². The van der Waals surface area contributed by atoms with Crippen LogP contribution < -0.4 is 10.6 Å². The number of carbonyl (C=O) groups excluding carboxylic acids is 1. The molecule has 1 aromatic heterocycles. The minimum absolute atomic E-state index is 0.0296. The van der Waals surface area contributed by atoms with Crippen LogP contribution in [0.2, 0.25) is 0 Å². The van der Waals surface area contributed by atoms with Crippen molar-refractivity contribution in [2.24, 2.45) is 4.40 Å². The molecule has 1 amide bonds. The van der Waals surface area contributed by atoms with Gasteiger partial charge >= 0.3 is 0 Å². The van der Waals surface area contributed by atoms with Gasteiger partial charge in [-0.2, -0.15) is 8.42 Å². The molecule has 34 heavy (non-hydrogen) atoms. The first kappa shape index (κ1) is 21.6. The fourth-order valence-electron chi connectivity index (χ4n) is 3.81.